The first-order chi connectivity index (χ1) is 2.41. The molecule has 0 aromatic carbocycles. The average molecular weight is 90.1 g/mol. The highest BCUT2D eigenvalue weighted by Gasteiger charge is 1.24. The van der Waals surface area contributed by atoms with E-state index in [2.05, 4.69) is 0 Å². The van der Waals surface area contributed by atoms with Crippen LogP contribution in [0.4, 0.5) is 0 Å². The molecule has 0 radical (unpaired) electrons. The zero-order chi connectivity index (χ0) is 4.71. The van der Waals surface area contributed by atoms with Crippen molar-refractivity contribution in [2.75, 3.05) is 0 Å². The zero-order valence-electron chi connectivity index (χ0n) is 3.10. The standard InChI is InChI=1S/C2H4O.CH2O.CH4/c1-2-3;1-2;/h2H,1H3;1H2;1H4. The first-order valence-electron chi connectivity index (χ1n) is 1.10. The minimum atomic E-state index is 0. The molecule has 6 heavy (non-hydrogen) atoms. The molecule has 0 aliphatic carbocycles. The Labute approximate surface area is 38.2 Å². The highest BCUT2D eigenvalue weighted by Crippen LogP contribution is 1.13. The van der Waals surface area contributed by atoms with Crippen molar-refractivity contribution in [3.05, 3.63) is 0 Å². The second kappa shape index (κ2) is 419. The molecule has 0 bridgehead atoms. The van der Waals surface area contributed by atoms with Gasteiger partial charge in [0.05, 0.1) is 0 Å². The van der Waals surface area contributed by atoms with Gasteiger partial charge in [-0.05, 0) is 6.92 Å². The third-order valence-electron chi connectivity index (χ3n) is 0. The summed E-state index contributed by atoms with van der Waals surface area (Å²) in [6, 6.07) is 0. The van der Waals surface area contributed by atoms with Gasteiger partial charge in [0.25, 0.3) is 0 Å². The summed E-state index contributed by atoms with van der Waals surface area (Å²) in [4.78, 5) is 16.8. The normalized spacial score (nSPS) is 2.83. The van der Waals surface area contributed by atoms with Crippen LogP contribution in [-0.2, 0) is 9.59 Å². The molecule has 0 fully saturated rings. The number of hydrogen-bond donors (Lipinski definition) is 0. The van der Waals surface area contributed by atoms with Crippen LogP contribution in [-0.4, -0.2) is 13.1 Å². The quantitative estimate of drug-likeness (QED) is 0.409. The van der Waals surface area contributed by atoms with Crippen molar-refractivity contribution in [2.24, 2.45) is 0 Å². The topological polar surface area (TPSA) is 34.1 Å². The van der Waals surface area contributed by atoms with E-state index in [0.29, 0.717) is 0 Å². The lowest BCUT2D eigenvalue weighted by Gasteiger charge is -1.23. The lowest BCUT2D eigenvalue weighted by molar-refractivity contribution is -0.106. The number of rotatable bonds is 0. The molecule has 0 spiro atoms. The predicted octanol–water partition coefficient (Wildman–Crippen LogP) is 0.656. The second-order valence-corrected chi connectivity index (χ2v) is 0.236. The molecule has 0 N–H and O–H groups in total. The minimum Gasteiger partial charge on any atom is -0.307 e. The molecule has 0 unspecified atom stereocenters. The van der Waals surface area contributed by atoms with E-state index in [0.717, 1.165) is 6.29 Å². The van der Waals surface area contributed by atoms with Gasteiger partial charge in [-0.15, -0.1) is 0 Å². The Morgan fingerprint density at radius 2 is 1.50 bits per heavy atom. The van der Waals surface area contributed by atoms with Crippen molar-refractivity contribution < 1.29 is 9.59 Å². The lowest BCUT2D eigenvalue weighted by Crippen LogP contribution is -1.36. The van der Waals surface area contributed by atoms with Gasteiger partial charge in [0.1, 0.15) is 13.1 Å². The first-order valence-corrected chi connectivity index (χ1v) is 1.10. The monoisotopic (exact) mass is 90.1 g/mol. The van der Waals surface area contributed by atoms with Gasteiger partial charge in [-0.1, -0.05) is 7.43 Å². The first kappa shape index (κ1) is 18.4. The van der Waals surface area contributed by atoms with Crippen LogP contribution in [0.5, 0.6) is 0 Å². The molecule has 0 aliphatic rings. The molecule has 38 valence electrons. The van der Waals surface area contributed by atoms with Crippen LogP contribution in [0.2, 0.25) is 0 Å². The fourth-order valence-electron chi connectivity index (χ4n) is 0. The van der Waals surface area contributed by atoms with Gasteiger partial charge in [0.2, 0.25) is 0 Å². The van der Waals surface area contributed by atoms with Gasteiger partial charge in [-0.2, -0.15) is 0 Å². The summed E-state index contributed by atoms with van der Waals surface area (Å²) in [6.45, 7) is 3.44. The number of hydrogen-bond acceptors (Lipinski definition) is 2. The molecule has 0 aromatic rings. The minimum absolute atomic E-state index is 0. The Morgan fingerprint density at radius 1 is 1.50 bits per heavy atom. The maximum absolute atomic E-state index is 8.81. The van der Waals surface area contributed by atoms with Gasteiger partial charge in [-0.25, -0.2) is 0 Å². The molecule has 0 aliphatic heterocycles. The van der Waals surface area contributed by atoms with E-state index in [1.54, 1.807) is 0 Å². The van der Waals surface area contributed by atoms with Crippen molar-refractivity contribution in [1.29, 1.82) is 0 Å². The zero-order valence-corrected chi connectivity index (χ0v) is 3.10. The van der Waals surface area contributed by atoms with Crippen LogP contribution in [0.15, 0.2) is 0 Å². The van der Waals surface area contributed by atoms with E-state index in [-0.39, 0.29) is 7.43 Å². The summed E-state index contributed by atoms with van der Waals surface area (Å²) >= 11 is 0. The fourth-order valence-corrected chi connectivity index (χ4v) is 0. The van der Waals surface area contributed by atoms with Gasteiger partial charge >= 0.3 is 0 Å². The molecule has 0 saturated carbocycles. The van der Waals surface area contributed by atoms with Crippen molar-refractivity contribution >= 4 is 13.1 Å². The maximum atomic E-state index is 8.81. The van der Waals surface area contributed by atoms with Crippen LogP contribution in [0.1, 0.15) is 14.4 Å². The molecule has 0 heterocycles. The Bertz CT molecular complexity index is 19.5. The smallest absolute Gasteiger partial charge is 0.116 e. The summed E-state index contributed by atoms with van der Waals surface area (Å²) in [6.07, 6.45) is 0.750. The van der Waals surface area contributed by atoms with Crippen LogP contribution in [0, 0.1) is 0 Å². The Morgan fingerprint density at radius 3 is 1.50 bits per heavy atom. The maximum Gasteiger partial charge on any atom is 0.116 e. The number of aldehydes is 1. The van der Waals surface area contributed by atoms with Crippen molar-refractivity contribution in [1.82, 2.24) is 0 Å². The van der Waals surface area contributed by atoms with Crippen LogP contribution >= 0.6 is 0 Å². The second-order valence-electron chi connectivity index (χ2n) is 0.236. The average Bonchev–Trinajstić information content (AvgIpc) is 1.46. The molecular weight excluding hydrogens is 80.0 g/mol. The summed E-state index contributed by atoms with van der Waals surface area (Å²) in [5.41, 5.74) is 0. The van der Waals surface area contributed by atoms with E-state index < -0.39 is 0 Å². The molecule has 2 nitrogen and oxygen atoms in total. The van der Waals surface area contributed by atoms with Gasteiger partial charge in [0.15, 0.2) is 0 Å². The lowest BCUT2D eigenvalue weighted by atomic mass is 11.0. The molecular formula is C4H10O2. The Balaban J connectivity index is -0.0000000275. The van der Waals surface area contributed by atoms with E-state index >= 15 is 0 Å². The molecule has 0 rings (SSSR count). The molecule has 0 atom stereocenters. The van der Waals surface area contributed by atoms with Crippen molar-refractivity contribution in [3.63, 3.8) is 0 Å². The highest BCUT2D eigenvalue weighted by molar-refractivity contribution is 5.44. The Hall–Kier alpha value is -0.660. The van der Waals surface area contributed by atoms with Crippen molar-refractivity contribution in [3.8, 4) is 0 Å². The van der Waals surface area contributed by atoms with Crippen LogP contribution in [0.3, 0.4) is 0 Å². The van der Waals surface area contributed by atoms with E-state index in [4.69, 9.17) is 9.59 Å². The summed E-state index contributed by atoms with van der Waals surface area (Å²) in [5.74, 6) is 0. The third kappa shape index (κ3) is 42.0. The van der Waals surface area contributed by atoms with Crippen LogP contribution < -0.4 is 0 Å². The van der Waals surface area contributed by atoms with E-state index in [1.807, 2.05) is 6.79 Å². The van der Waals surface area contributed by atoms with Gasteiger partial charge in [-0.3, -0.25) is 0 Å². The van der Waals surface area contributed by atoms with Crippen LogP contribution in [0.25, 0.3) is 0 Å². The number of carbonyl (C=O) groups is 2. The molecule has 0 amide bonds. The Kier molecular flexibility index (Phi) is 1280. The summed E-state index contributed by atoms with van der Waals surface area (Å²) in [7, 11) is 0. The summed E-state index contributed by atoms with van der Waals surface area (Å²) in [5, 5.41) is 0. The van der Waals surface area contributed by atoms with Gasteiger partial charge < -0.3 is 9.59 Å². The SMILES string of the molecule is C.C=O.CC=O. The fraction of sp³-hybridized carbons (Fsp3) is 0.500. The predicted molar refractivity (Wildman–Crippen MR) is 25.6 cm³/mol. The molecule has 2 heteroatoms. The molecule has 0 aromatic heterocycles. The van der Waals surface area contributed by atoms with E-state index in [9.17, 15) is 0 Å². The van der Waals surface area contributed by atoms with Gasteiger partial charge in [0, 0.05) is 0 Å². The van der Waals surface area contributed by atoms with E-state index in [1.165, 1.54) is 6.92 Å². The van der Waals surface area contributed by atoms with Crippen molar-refractivity contribution in [2.45, 2.75) is 14.4 Å². The largest absolute Gasteiger partial charge is 0.307 e. The third-order valence-corrected chi connectivity index (χ3v) is 0. The highest BCUT2D eigenvalue weighted by atomic mass is 16.1. The molecule has 0 saturated heterocycles. The number of carbonyl (C=O) groups excluding carboxylic acids is 2. The summed E-state index contributed by atoms with van der Waals surface area (Å²) < 4.78 is 0.